The molecule has 0 bridgehead atoms. The van der Waals surface area contributed by atoms with Crippen molar-refractivity contribution < 1.29 is 5.11 Å². The predicted octanol–water partition coefficient (Wildman–Crippen LogP) is 3.31. The van der Waals surface area contributed by atoms with Crippen LogP contribution in [0.2, 0.25) is 0 Å². The molecule has 0 saturated heterocycles. The molecular weight excluding hydrogens is 224 g/mol. The third-order valence-electron chi connectivity index (χ3n) is 2.93. The van der Waals surface area contributed by atoms with Crippen LogP contribution in [0, 0.1) is 6.92 Å². The van der Waals surface area contributed by atoms with Gasteiger partial charge in [-0.2, -0.15) is 0 Å². The van der Waals surface area contributed by atoms with Gasteiger partial charge in [-0.1, -0.05) is 17.7 Å². The lowest BCUT2D eigenvalue weighted by Gasteiger charge is -2.06. The van der Waals surface area contributed by atoms with Gasteiger partial charge >= 0.3 is 0 Å². The van der Waals surface area contributed by atoms with Crippen LogP contribution in [0.5, 0.6) is 5.88 Å². The monoisotopic (exact) mass is 236 g/mol. The van der Waals surface area contributed by atoms with Crippen molar-refractivity contribution in [1.82, 2.24) is 9.97 Å². The van der Waals surface area contributed by atoms with Crippen molar-refractivity contribution in [3.63, 3.8) is 0 Å². The smallest absolute Gasteiger partial charge is 0.219 e. The lowest BCUT2D eigenvalue weighted by Crippen LogP contribution is -1.87. The van der Waals surface area contributed by atoms with Gasteiger partial charge in [0, 0.05) is 23.3 Å². The van der Waals surface area contributed by atoms with Crippen LogP contribution in [0.3, 0.4) is 0 Å². The second kappa shape index (κ2) is 4.11. The molecule has 0 radical (unpaired) electrons. The van der Waals surface area contributed by atoms with Gasteiger partial charge in [0.15, 0.2) is 0 Å². The van der Waals surface area contributed by atoms with Gasteiger partial charge in [-0.25, -0.2) is 4.98 Å². The summed E-state index contributed by atoms with van der Waals surface area (Å²) in [7, 11) is 0. The Morgan fingerprint density at radius 1 is 1.11 bits per heavy atom. The molecule has 0 atom stereocenters. The first kappa shape index (κ1) is 10.7. The number of nitrogens with zero attached hydrogens (tertiary/aromatic N) is 2. The normalized spacial score (nSPS) is 10.7. The Labute approximate surface area is 105 Å². The van der Waals surface area contributed by atoms with E-state index in [1.807, 2.05) is 43.3 Å². The van der Waals surface area contributed by atoms with Crippen LogP contribution in [0.4, 0.5) is 0 Å². The molecule has 0 fully saturated rings. The van der Waals surface area contributed by atoms with E-state index in [1.165, 1.54) is 0 Å². The Morgan fingerprint density at radius 2 is 2.00 bits per heavy atom. The molecule has 0 aliphatic carbocycles. The van der Waals surface area contributed by atoms with Gasteiger partial charge in [0.1, 0.15) is 0 Å². The van der Waals surface area contributed by atoms with Crippen molar-refractivity contribution in [3.05, 3.63) is 54.4 Å². The Bertz CT molecular complexity index is 708. The zero-order chi connectivity index (χ0) is 12.5. The molecule has 0 aliphatic heterocycles. The van der Waals surface area contributed by atoms with Gasteiger partial charge in [-0.05, 0) is 36.6 Å². The summed E-state index contributed by atoms with van der Waals surface area (Å²) in [5.74, 6) is 0.0649. The Kier molecular flexibility index (Phi) is 2.45. The topological polar surface area (TPSA) is 46.0 Å². The van der Waals surface area contributed by atoms with E-state index in [0.29, 0.717) is 0 Å². The summed E-state index contributed by atoms with van der Waals surface area (Å²) in [5, 5.41) is 11.8. The highest BCUT2D eigenvalue weighted by atomic mass is 16.3. The van der Waals surface area contributed by atoms with E-state index in [4.69, 9.17) is 0 Å². The number of fused-ring (bicyclic) bond motifs is 1. The third kappa shape index (κ3) is 1.80. The number of benzene rings is 1. The average Bonchev–Trinajstić information content (AvgIpc) is 2.40. The van der Waals surface area contributed by atoms with E-state index in [9.17, 15) is 5.11 Å². The molecule has 3 nitrogen and oxygen atoms in total. The average molecular weight is 236 g/mol. The fourth-order valence-corrected chi connectivity index (χ4v) is 2.01. The molecule has 18 heavy (non-hydrogen) atoms. The molecule has 1 aromatic carbocycles. The van der Waals surface area contributed by atoms with Crippen molar-refractivity contribution in [1.29, 1.82) is 0 Å². The second-order valence-electron chi connectivity index (χ2n) is 4.30. The lowest BCUT2D eigenvalue weighted by molar-refractivity contribution is 0.461. The Morgan fingerprint density at radius 3 is 2.78 bits per heavy atom. The summed E-state index contributed by atoms with van der Waals surface area (Å²) < 4.78 is 0. The van der Waals surface area contributed by atoms with E-state index in [0.717, 1.165) is 27.6 Å². The number of aryl methyl sites for hydroxylation is 1. The van der Waals surface area contributed by atoms with E-state index >= 15 is 0 Å². The van der Waals surface area contributed by atoms with Gasteiger partial charge < -0.3 is 5.11 Å². The summed E-state index contributed by atoms with van der Waals surface area (Å²) in [6, 6.07) is 11.7. The molecule has 0 unspecified atom stereocenters. The van der Waals surface area contributed by atoms with Gasteiger partial charge in [0.2, 0.25) is 5.88 Å². The molecule has 0 saturated carbocycles. The first-order valence-electron chi connectivity index (χ1n) is 5.75. The van der Waals surface area contributed by atoms with Crippen LogP contribution in [-0.2, 0) is 0 Å². The van der Waals surface area contributed by atoms with Crippen LogP contribution in [0.25, 0.3) is 22.0 Å². The van der Waals surface area contributed by atoms with Crippen molar-refractivity contribution >= 4 is 10.8 Å². The fourth-order valence-electron chi connectivity index (χ4n) is 2.01. The van der Waals surface area contributed by atoms with Crippen molar-refractivity contribution in [2.75, 3.05) is 0 Å². The zero-order valence-electron chi connectivity index (χ0n) is 9.96. The number of aromatic hydroxyl groups is 1. The van der Waals surface area contributed by atoms with Crippen molar-refractivity contribution in [3.8, 4) is 17.1 Å². The number of hydrogen-bond donors (Lipinski definition) is 1. The van der Waals surface area contributed by atoms with Crippen LogP contribution in [0.1, 0.15) is 5.56 Å². The highest BCUT2D eigenvalue weighted by Crippen LogP contribution is 2.28. The highest BCUT2D eigenvalue weighted by molar-refractivity contribution is 5.90. The summed E-state index contributed by atoms with van der Waals surface area (Å²) in [6.07, 6.45) is 3.45. The zero-order valence-corrected chi connectivity index (χ0v) is 9.96. The van der Waals surface area contributed by atoms with E-state index < -0.39 is 0 Å². The molecule has 2 heterocycles. The third-order valence-corrected chi connectivity index (χ3v) is 2.93. The van der Waals surface area contributed by atoms with Crippen LogP contribution >= 0.6 is 0 Å². The van der Waals surface area contributed by atoms with Crippen LogP contribution in [0.15, 0.2) is 48.8 Å². The Balaban J connectivity index is 2.25. The minimum Gasteiger partial charge on any atom is -0.493 e. The number of aromatic nitrogens is 2. The van der Waals surface area contributed by atoms with Crippen LogP contribution < -0.4 is 0 Å². The number of rotatable bonds is 1. The summed E-state index contributed by atoms with van der Waals surface area (Å²) >= 11 is 0. The summed E-state index contributed by atoms with van der Waals surface area (Å²) in [5.41, 5.74) is 2.74. The minimum atomic E-state index is 0.0649. The van der Waals surface area contributed by atoms with Gasteiger partial charge in [-0.3, -0.25) is 4.98 Å². The maximum Gasteiger partial charge on any atom is 0.219 e. The van der Waals surface area contributed by atoms with Gasteiger partial charge in [0.05, 0.1) is 5.69 Å². The second-order valence-corrected chi connectivity index (χ2v) is 4.30. The molecular formula is C15H12N2O. The summed E-state index contributed by atoms with van der Waals surface area (Å²) in [6.45, 7) is 1.99. The lowest BCUT2D eigenvalue weighted by atomic mass is 10.1. The molecule has 0 aliphatic rings. The largest absolute Gasteiger partial charge is 0.493 e. The van der Waals surface area contributed by atoms with Gasteiger partial charge in [-0.15, -0.1) is 0 Å². The number of hydrogen-bond acceptors (Lipinski definition) is 3. The molecule has 0 amide bonds. The fraction of sp³-hybridized carbons (Fsp3) is 0.0667. The molecule has 3 heteroatoms. The standard InChI is InChI=1S/C15H12N2O/c1-10-4-5-11-8-14(12-3-2-6-16-9-12)17-15(18)13(11)7-10/h2-9H,1H3,(H,17,18). The first-order valence-corrected chi connectivity index (χ1v) is 5.75. The molecule has 88 valence electrons. The minimum absolute atomic E-state index is 0.0649. The molecule has 0 spiro atoms. The molecule has 2 aromatic heterocycles. The molecule has 3 rings (SSSR count). The quantitative estimate of drug-likeness (QED) is 0.705. The van der Waals surface area contributed by atoms with E-state index in [-0.39, 0.29) is 5.88 Å². The maximum absolute atomic E-state index is 10.0. The van der Waals surface area contributed by atoms with E-state index in [2.05, 4.69) is 9.97 Å². The van der Waals surface area contributed by atoms with Gasteiger partial charge in [0.25, 0.3) is 0 Å². The predicted molar refractivity (Wildman–Crippen MR) is 71.4 cm³/mol. The van der Waals surface area contributed by atoms with Crippen molar-refractivity contribution in [2.45, 2.75) is 6.92 Å². The highest BCUT2D eigenvalue weighted by Gasteiger charge is 2.06. The summed E-state index contributed by atoms with van der Waals surface area (Å²) in [4.78, 5) is 8.29. The maximum atomic E-state index is 10.0. The SMILES string of the molecule is Cc1ccc2cc(-c3cccnc3)nc(O)c2c1. The van der Waals surface area contributed by atoms with Crippen LogP contribution in [-0.4, -0.2) is 15.1 Å². The first-order chi connectivity index (χ1) is 8.74. The van der Waals surface area contributed by atoms with E-state index in [1.54, 1.807) is 12.4 Å². The van der Waals surface area contributed by atoms with Crippen molar-refractivity contribution in [2.24, 2.45) is 0 Å². The Hall–Kier alpha value is -2.42. The number of pyridine rings is 2. The molecule has 1 N–H and O–H groups in total. The molecule has 3 aromatic rings.